The summed E-state index contributed by atoms with van der Waals surface area (Å²) in [4.78, 5) is 12.9. The number of benzene rings is 1. The number of imidazole rings is 1. The molecule has 0 radical (unpaired) electrons. The quantitative estimate of drug-likeness (QED) is 0.663. The standard InChI is InChI=1S/C18H20ClN5O/c1-12-8-21-18(19)23-17(12)24-10-15(22-13(24)2)9-20-16(11-25)14-6-4-3-5-7-14/h3-8,10,16,20,25H,9,11H2,1-2H3. The van der Waals surface area contributed by atoms with E-state index in [1.807, 2.05) is 54.9 Å². The van der Waals surface area contributed by atoms with Crippen molar-refractivity contribution in [2.45, 2.75) is 26.4 Å². The van der Waals surface area contributed by atoms with Crippen molar-refractivity contribution < 1.29 is 5.11 Å². The molecule has 130 valence electrons. The van der Waals surface area contributed by atoms with Crippen LogP contribution in [0, 0.1) is 13.8 Å². The summed E-state index contributed by atoms with van der Waals surface area (Å²) >= 11 is 5.92. The number of nitrogens with zero attached hydrogens (tertiary/aromatic N) is 4. The molecule has 0 bridgehead atoms. The van der Waals surface area contributed by atoms with Gasteiger partial charge in [-0.2, -0.15) is 4.98 Å². The summed E-state index contributed by atoms with van der Waals surface area (Å²) in [6, 6.07) is 9.72. The zero-order valence-electron chi connectivity index (χ0n) is 14.1. The Morgan fingerprint density at radius 3 is 2.68 bits per heavy atom. The van der Waals surface area contributed by atoms with Crippen molar-refractivity contribution in [3.05, 3.63) is 70.7 Å². The first kappa shape index (κ1) is 17.5. The lowest BCUT2D eigenvalue weighted by molar-refractivity contribution is 0.243. The van der Waals surface area contributed by atoms with Gasteiger partial charge in [0.15, 0.2) is 0 Å². The second kappa shape index (κ2) is 7.74. The van der Waals surface area contributed by atoms with Crippen molar-refractivity contribution >= 4 is 11.6 Å². The van der Waals surface area contributed by atoms with E-state index in [1.165, 1.54) is 0 Å². The van der Waals surface area contributed by atoms with Crippen LogP contribution < -0.4 is 5.32 Å². The molecule has 0 saturated carbocycles. The highest BCUT2D eigenvalue weighted by atomic mass is 35.5. The van der Waals surface area contributed by atoms with Gasteiger partial charge in [0.2, 0.25) is 5.28 Å². The Morgan fingerprint density at radius 2 is 1.96 bits per heavy atom. The van der Waals surface area contributed by atoms with Gasteiger partial charge in [0, 0.05) is 24.5 Å². The van der Waals surface area contributed by atoms with Crippen LogP contribution in [0.3, 0.4) is 0 Å². The van der Waals surface area contributed by atoms with Crippen LogP contribution in [0.25, 0.3) is 5.82 Å². The maximum Gasteiger partial charge on any atom is 0.224 e. The van der Waals surface area contributed by atoms with E-state index in [-0.39, 0.29) is 17.9 Å². The van der Waals surface area contributed by atoms with Crippen molar-refractivity contribution in [1.82, 2.24) is 24.8 Å². The lowest BCUT2D eigenvalue weighted by Gasteiger charge is -2.15. The molecule has 2 N–H and O–H groups in total. The summed E-state index contributed by atoms with van der Waals surface area (Å²) in [5.74, 6) is 1.54. The molecule has 7 heteroatoms. The fourth-order valence-electron chi connectivity index (χ4n) is 2.69. The van der Waals surface area contributed by atoms with Gasteiger partial charge in [0.1, 0.15) is 11.6 Å². The lowest BCUT2D eigenvalue weighted by atomic mass is 10.1. The van der Waals surface area contributed by atoms with Gasteiger partial charge in [-0.1, -0.05) is 30.3 Å². The molecule has 1 aromatic carbocycles. The number of hydrogen-bond donors (Lipinski definition) is 2. The molecule has 1 atom stereocenters. The van der Waals surface area contributed by atoms with E-state index in [4.69, 9.17) is 11.6 Å². The third-order valence-corrected chi connectivity index (χ3v) is 4.17. The van der Waals surface area contributed by atoms with E-state index < -0.39 is 0 Å². The number of rotatable bonds is 6. The number of halogens is 1. The number of hydrogen-bond acceptors (Lipinski definition) is 5. The summed E-state index contributed by atoms with van der Waals surface area (Å²) in [6.07, 6.45) is 3.62. The molecule has 6 nitrogen and oxygen atoms in total. The molecule has 0 spiro atoms. The predicted octanol–water partition coefficient (Wildman–Crippen LogP) is 2.76. The third kappa shape index (κ3) is 4.04. The monoisotopic (exact) mass is 357 g/mol. The molecule has 0 amide bonds. The zero-order chi connectivity index (χ0) is 17.8. The Balaban J connectivity index is 1.77. The molecule has 0 fully saturated rings. The smallest absolute Gasteiger partial charge is 0.224 e. The van der Waals surface area contributed by atoms with Crippen LogP contribution in [-0.2, 0) is 6.54 Å². The summed E-state index contributed by atoms with van der Waals surface area (Å²) in [6.45, 7) is 4.40. The average molecular weight is 358 g/mol. The highest BCUT2D eigenvalue weighted by Crippen LogP contribution is 2.17. The molecule has 1 unspecified atom stereocenters. The molecule has 3 rings (SSSR count). The van der Waals surface area contributed by atoms with Crippen LogP contribution in [0.5, 0.6) is 0 Å². The predicted molar refractivity (Wildman–Crippen MR) is 96.7 cm³/mol. The largest absolute Gasteiger partial charge is 0.394 e. The molecule has 0 aliphatic rings. The molecule has 2 aromatic heterocycles. The summed E-state index contributed by atoms with van der Waals surface area (Å²) in [5, 5.41) is 13.2. The van der Waals surface area contributed by atoms with E-state index in [9.17, 15) is 5.11 Å². The summed E-state index contributed by atoms with van der Waals surface area (Å²) in [7, 11) is 0. The highest BCUT2D eigenvalue weighted by Gasteiger charge is 2.13. The Labute approximate surface area is 151 Å². The van der Waals surface area contributed by atoms with Gasteiger partial charge in [-0.25, -0.2) is 9.97 Å². The Hall–Kier alpha value is -2.28. The van der Waals surface area contributed by atoms with E-state index in [0.29, 0.717) is 6.54 Å². The van der Waals surface area contributed by atoms with E-state index in [0.717, 1.165) is 28.5 Å². The van der Waals surface area contributed by atoms with Gasteiger partial charge in [0.05, 0.1) is 18.3 Å². The number of nitrogens with one attached hydrogen (secondary N) is 1. The first-order valence-electron chi connectivity index (χ1n) is 8.02. The molecule has 25 heavy (non-hydrogen) atoms. The second-order valence-electron chi connectivity index (χ2n) is 5.82. The Bertz CT molecular complexity index is 850. The van der Waals surface area contributed by atoms with Crippen molar-refractivity contribution in [3.63, 3.8) is 0 Å². The van der Waals surface area contributed by atoms with Gasteiger partial charge in [0.25, 0.3) is 0 Å². The fraction of sp³-hybridized carbons (Fsp3) is 0.278. The number of aliphatic hydroxyl groups is 1. The van der Waals surface area contributed by atoms with E-state index in [2.05, 4.69) is 20.3 Å². The number of aromatic nitrogens is 4. The maximum absolute atomic E-state index is 9.64. The SMILES string of the molecule is Cc1cnc(Cl)nc1-n1cc(CNC(CO)c2ccccc2)nc1C. The fourth-order valence-corrected chi connectivity index (χ4v) is 2.82. The lowest BCUT2D eigenvalue weighted by Crippen LogP contribution is -2.24. The van der Waals surface area contributed by atoms with Crippen molar-refractivity contribution in [3.8, 4) is 5.82 Å². The normalized spacial score (nSPS) is 12.3. The molecular formula is C18H20ClN5O. The van der Waals surface area contributed by atoms with Crippen LogP contribution in [0.4, 0.5) is 0 Å². The van der Waals surface area contributed by atoms with Crippen molar-refractivity contribution in [2.75, 3.05) is 6.61 Å². The maximum atomic E-state index is 9.64. The third-order valence-electron chi connectivity index (χ3n) is 3.99. The topological polar surface area (TPSA) is 75.9 Å². The second-order valence-corrected chi connectivity index (χ2v) is 6.16. The first-order valence-corrected chi connectivity index (χ1v) is 8.40. The molecule has 0 aliphatic heterocycles. The van der Waals surface area contributed by atoms with E-state index in [1.54, 1.807) is 6.20 Å². The van der Waals surface area contributed by atoms with Crippen LogP contribution in [0.2, 0.25) is 5.28 Å². The Morgan fingerprint density at radius 1 is 1.20 bits per heavy atom. The van der Waals surface area contributed by atoms with Crippen molar-refractivity contribution in [1.29, 1.82) is 0 Å². The van der Waals surface area contributed by atoms with Gasteiger partial charge < -0.3 is 10.4 Å². The minimum Gasteiger partial charge on any atom is -0.394 e. The van der Waals surface area contributed by atoms with Crippen LogP contribution in [-0.4, -0.2) is 31.2 Å². The molecule has 0 saturated heterocycles. The zero-order valence-corrected chi connectivity index (χ0v) is 14.9. The first-order chi connectivity index (χ1) is 12.1. The van der Waals surface area contributed by atoms with Crippen molar-refractivity contribution in [2.24, 2.45) is 0 Å². The van der Waals surface area contributed by atoms with Gasteiger partial charge in [-0.15, -0.1) is 0 Å². The van der Waals surface area contributed by atoms with Gasteiger partial charge in [-0.05, 0) is 31.0 Å². The highest BCUT2D eigenvalue weighted by molar-refractivity contribution is 6.28. The average Bonchev–Trinajstić information content (AvgIpc) is 2.99. The molecule has 0 aliphatic carbocycles. The number of aryl methyl sites for hydroxylation is 2. The molecule has 3 aromatic rings. The van der Waals surface area contributed by atoms with Crippen LogP contribution >= 0.6 is 11.6 Å². The minimum atomic E-state index is -0.137. The Kier molecular flexibility index (Phi) is 5.43. The van der Waals surface area contributed by atoms with Crippen LogP contribution in [0.15, 0.2) is 42.7 Å². The molecular weight excluding hydrogens is 338 g/mol. The minimum absolute atomic E-state index is 0.0182. The van der Waals surface area contributed by atoms with Crippen LogP contribution in [0.1, 0.15) is 28.7 Å². The van der Waals surface area contributed by atoms with E-state index >= 15 is 0 Å². The molecule has 2 heterocycles. The van der Waals surface area contributed by atoms with Gasteiger partial charge in [-0.3, -0.25) is 4.57 Å². The number of aliphatic hydroxyl groups excluding tert-OH is 1. The summed E-state index contributed by atoms with van der Waals surface area (Å²) < 4.78 is 1.90. The van der Waals surface area contributed by atoms with Gasteiger partial charge >= 0.3 is 0 Å². The summed E-state index contributed by atoms with van der Waals surface area (Å²) in [5.41, 5.74) is 2.82.